The molecule has 0 saturated carbocycles. The maximum atomic E-state index is 12.3. The van der Waals surface area contributed by atoms with Crippen LogP contribution in [0.5, 0.6) is 5.75 Å². The van der Waals surface area contributed by atoms with Crippen molar-refractivity contribution in [2.45, 2.75) is 52.5 Å². The first-order chi connectivity index (χ1) is 16.0. The molecule has 2 aromatic carbocycles. The number of carbonyl (C=O) groups excluding carboxylic acids is 1. The van der Waals surface area contributed by atoms with Crippen molar-refractivity contribution < 1.29 is 18.7 Å². The van der Waals surface area contributed by atoms with Gasteiger partial charge in [0.2, 0.25) is 0 Å². The van der Waals surface area contributed by atoms with E-state index >= 15 is 0 Å². The zero-order valence-electron chi connectivity index (χ0n) is 19.0. The average molecular weight is 470 g/mol. The molecule has 3 aromatic rings. The van der Waals surface area contributed by atoms with Crippen LogP contribution in [0.15, 0.2) is 45.6 Å². The summed E-state index contributed by atoms with van der Waals surface area (Å²) in [5, 5.41) is 1.36. The minimum Gasteiger partial charge on any atom is -0.471 e. The van der Waals surface area contributed by atoms with Crippen LogP contribution < -0.4 is 15.3 Å². The molecular weight excluding hydrogens is 442 g/mol. The Bertz CT molecular complexity index is 1200. The molecule has 0 aliphatic carbocycles. The number of hydrogen-bond acceptors (Lipinski definition) is 6. The summed E-state index contributed by atoms with van der Waals surface area (Å²) in [6.45, 7) is 5.34. The molecule has 33 heavy (non-hydrogen) atoms. The van der Waals surface area contributed by atoms with Crippen molar-refractivity contribution in [3.8, 4) is 5.75 Å². The number of hydrogen-bond donors (Lipinski definition) is 0. The summed E-state index contributed by atoms with van der Waals surface area (Å²) >= 11 is 6.55. The number of esters is 1. The highest BCUT2D eigenvalue weighted by atomic mass is 35.5. The number of rotatable bonds is 8. The summed E-state index contributed by atoms with van der Waals surface area (Å²) in [5.74, 6) is 0.224. The van der Waals surface area contributed by atoms with Crippen LogP contribution in [-0.2, 0) is 17.7 Å². The van der Waals surface area contributed by atoms with Crippen molar-refractivity contribution in [2.24, 2.45) is 0 Å². The van der Waals surface area contributed by atoms with Crippen molar-refractivity contribution >= 4 is 34.2 Å². The number of ether oxygens (including phenoxy) is 2. The number of carbonyl (C=O) groups is 1. The molecule has 1 aliphatic heterocycles. The van der Waals surface area contributed by atoms with Gasteiger partial charge in [0.05, 0.1) is 29.3 Å². The number of benzene rings is 2. The van der Waals surface area contributed by atoms with E-state index in [4.69, 9.17) is 25.5 Å². The van der Waals surface area contributed by atoms with Gasteiger partial charge in [-0.3, -0.25) is 0 Å². The highest BCUT2D eigenvalue weighted by molar-refractivity contribution is 6.33. The first-order valence-electron chi connectivity index (χ1n) is 11.4. The minimum absolute atomic E-state index is 0.290. The molecule has 174 valence electrons. The second-order valence-electron chi connectivity index (χ2n) is 8.24. The van der Waals surface area contributed by atoms with Crippen LogP contribution in [0, 0.1) is 0 Å². The molecule has 0 spiro atoms. The summed E-state index contributed by atoms with van der Waals surface area (Å²) < 4.78 is 16.9. The van der Waals surface area contributed by atoms with Crippen molar-refractivity contribution in [1.82, 2.24) is 0 Å². The Balaban J connectivity index is 1.62. The lowest BCUT2D eigenvalue weighted by atomic mass is 10.0. The van der Waals surface area contributed by atoms with E-state index in [1.165, 1.54) is 0 Å². The molecular formula is C26H28ClNO5. The monoisotopic (exact) mass is 469 g/mol. The standard InChI is InChI=1S/C26H28ClNO5/c1-3-5-7-18-13-23(29)33-24-20(18)14-22(27)25-21(24)15-28(16-32-25)19-10-8-17(9-11-19)26(30)31-12-6-4-2/h8-11,13-14H,3-7,12,15-16H2,1-2H3. The summed E-state index contributed by atoms with van der Waals surface area (Å²) in [6, 6.07) is 10.6. The molecule has 4 rings (SSSR count). The maximum absolute atomic E-state index is 12.3. The van der Waals surface area contributed by atoms with E-state index in [1.54, 1.807) is 18.2 Å². The van der Waals surface area contributed by atoms with Crippen LogP contribution in [0.2, 0.25) is 5.02 Å². The van der Waals surface area contributed by atoms with Gasteiger partial charge in [-0.05, 0) is 55.2 Å². The van der Waals surface area contributed by atoms with Crippen molar-refractivity contribution in [1.29, 1.82) is 0 Å². The lowest BCUT2D eigenvalue weighted by molar-refractivity contribution is 0.0500. The number of unbranched alkanes of at least 4 members (excludes halogenated alkanes) is 2. The minimum atomic E-state index is -0.374. The Morgan fingerprint density at radius 2 is 1.88 bits per heavy atom. The van der Waals surface area contributed by atoms with E-state index in [0.717, 1.165) is 54.3 Å². The van der Waals surface area contributed by atoms with Crippen molar-refractivity contribution in [2.75, 3.05) is 18.2 Å². The van der Waals surface area contributed by atoms with Gasteiger partial charge in [-0.2, -0.15) is 0 Å². The van der Waals surface area contributed by atoms with Crippen LogP contribution in [0.4, 0.5) is 5.69 Å². The number of aryl methyl sites for hydroxylation is 1. The lowest BCUT2D eigenvalue weighted by Crippen LogP contribution is -2.32. The third kappa shape index (κ3) is 5.01. The van der Waals surface area contributed by atoms with Gasteiger partial charge in [-0.25, -0.2) is 9.59 Å². The van der Waals surface area contributed by atoms with E-state index in [1.807, 2.05) is 23.1 Å². The van der Waals surface area contributed by atoms with E-state index < -0.39 is 0 Å². The molecule has 0 N–H and O–H groups in total. The van der Waals surface area contributed by atoms with Crippen LogP contribution in [0.3, 0.4) is 0 Å². The zero-order valence-corrected chi connectivity index (χ0v) is 19.7. The molecule has 2 heterocycles. The predicted molar refractivity (Wildman–Crippen MR) is 129 cm³/mol. The average Bonchev–Trinajstić information content (AvgIpc) is 2.83. The Hall–Kier alpha value is -2.99. The van der Waals surface area contributed by atoms with Gasteiger partial charge in [-0.1, -0.05) is 38.3 Å². The molecule has 0 atom stereocenters. The Morgan fingerprint density at radius 3 is 2.61 bits per heavy atom. The fraction of sp³-hybridized carbons (Fsp3) is 0.385. The third-order valence-corrected chi connectivity index (χ3v) is 6.11. The van der Waals surface area contributed by atoms with Gasteiger partial charge in [-0.15, -0.1) is 0 Å². The van der Waals surface area contributed by atoms with Crippen molar-refractivity contribution in [3.05, 3.63) is 68.5 Å². The molecule has 7 heteroatoms. The molecule has 0 unspecified atom stereocenters. The first kappa shape index (κ1) is 23.2. The summed E-state index contributed by atoms with van der Waals surface area (Å²) in [6.07, 6.45) is 4.61. The molecule has 0 saturated heterocycles. The Kier molecular flexibility index (Phi) is 7.23. The Morgan fingerprint density at radius 1 is 1.12 bits per heavy atom. The molecule has 1 aliphatic rings. The molecule has 0 fully saturated rings. The van der Waals surface area contributed by atoms with Gasteiger partial charge >= 0.3 is 11.6 Å². The maximum Gasteiger partial charge on any atom is 0.338 e. The molecule has 0 bridgehead atoms. The van der Waals surface area contributed by atoms with Gasteiger partial charge in [0.1, 0.15) is 11.3 Å². The van der Waals surface area contributed by atoms with Gasteiger partial charge in [0.25, 0.3) is 0 Å². The third-order valence-electron chi connectivity index (χ3n) is 5.83. The van der Waals surface area contributed by atoms with Gasteiger partial charge < -0.3 is 18.8 Å². The summed E-state index contributed by atoms with van der Waals surface area (Å²) in [5.41, 5.74) is 3.23. The molecule has 1 aromatic heterocycles. The molecule has 0 radical (unpaired) electrons. The van der Waals surface area contributed by atoms with E-state index in [2.05, 4.69) is 13.8 Å². The number of halogens is 1. The SMILES string of the molecule is CCCCOC(=O)c1ccc(N2COc3c(Cl)cc4c(CCCC)cc(=O)oc4c3C2)cc1. The highest BCUT2D eigenvalue weighted by Crippen LogP contribution is 2.40. The smallest absolute Gasteiger partial charge is 0.338 e. The summed E-state index contributed by atoms with van der Waals surface area (Å²) in [7, 11) is 0. The van der Waals surface area contributed by atoms with Gasteiger partial charge in [0, 0.05) is 17.1 Å². The highest BCUT2D eigenvalue weighted by Gasteiger charge is 2.25. The van der Waals surface area contributed by atoms with E-state index in [9.17, 15) is 9.59 Å². The van der Waals surface area contributed by atoms with E-state index in [-0.39, 0.29) is 18.3 Å². The first-order valence-corrected chi connectivity index (χ1v) is 11.8. The van der Waals surface area contributed by atoms with E-state index in [0.29, 0.717) is 35.1 Å². The largest absolute Gasteiger partial charge is 0.471 e. The number of nitrogens with zero attached hydrogens (tertiary/aromatic N) is 1. The molecule has 6 nitrogen and oxygen atoms in total. The lowest BCUT2D eigenvalue weighted by Gasteiger charge is -2.31. The van der Waals surface area contributed by atoms with Crippen LogP contribution in [0.25, 0.3) is 11.0 Å². The molecule has 0 amide bonds. The zero-order chi connectivity index (χ0) is 23.4. The normalized spacial score (nSPS) is 13.0. The van der Waals surface area contributed by atoms with Gasteiger partial charge in [0.15, 0.2) is 6.73 Å². The Labute approximate surface area is 198 Å². The predicted octanol–water partition coefficient (Wildman–Crippen LogP) is 6.10. The number of anilines is 1. The second-order valence-corrected chi connectivity index (χ2v) is 8.65. The van der Waals surface area contributed by atoms with Crippen LogP contribution in [-0.4, -0.2) is 19.3 Å². The second kappa shape index (κ2) is 10.3. The fourth-order valence-corrected chi connectivity index (χ4v) is 4.27. The fourth-order valence-electron chi connectivity index (χ4n) is 3.99. The number of fused-ring (bicyclic) bond motifs is 3. The van der Waals surface area contributed by atoms with Crippen LogP contribution >= 0.6 is 11.6 Å². The summed E-state index contributed by atoms with van der Waals surface area (Å²) in [4.78, 5) is 26.5. The topological polar surface area (TPSA) is 69.0 Å². The van der Waals surface area contributed by atoms with Crippen molar-refractivity contribution in [3.63, 3.8) is 0 Å². The quantitative estimate of drug-likeness (QED) is 0.225. The van der Waals surface area contributed by atoms with Crippen LogP contribution in [0.1, 0.15) is 61.0 Å².